The van der Waals surface area contributed by atoms with E-state index in [1.165, 1.54) is 35.2 Å². The lowest BCUT2D eigenvalue weighted by Gasteiger charge is -2.33. The standard InChI is InChI=1S/C31H36FN3O5S/c1-3-28(31(37)33-24-11-7-8-12-24)34(21-23-17-19-25(40-2)20-18-23)30(36)22-35(29-16-10-9-15-27(29)32)41(38,39)26-13-5-4-6-14-26/h4-6,9-10,13-20,24,28H,3,7-8,11-12,21-22H2,1-2H3,(H,33,37)/t28-/m0/s1. The Hall–Kier alpha value is -3.92. The highest BCUT2D eigenvalue weighted by Crippen LogP contribution is 2.27. The monoisotopic (exact) mass is 581 g/mol. The van der Waals surface area contributed by atoms with Crippen LogP contribution in [0.5, 0.6) is 5.75 Å². The Kier molecular flexibility index (Phi) is 9.99. The molecule has 0 radical (unpaired) electrons. The number of amides is 2. The highest BCUT2D eigenvalue weighted by molar-refractivity contribution is 7.92. The van der Waals surface area contributed by atoms with Crippen LogP contribution >= 0.6 is 0 Å². The van der Waals surface area contributed by atoms with Crippen molar-refractivity contribution in [1.82, 2.24) is 10.2 Å². The lowest BCUT2D eigenvalue weighted by atomic mass is 10.1. The second-order valence-corrected chi connectivity index (χ2v) is 11.9. The summed E-state index contributed by atoms with van der Waals surface area (Å²) in [5, 5.41) is 3.07. The first kappa shape index (κ1) is 30.0. The van der Waals surface area contributed by atoms with Crippen molar-refractivity contribution in [2.24, 2.45) is 0 Å². The Bertz CT molecular complexity index is 1430. The average molecular weight is 582 g/mol. The van der Waals surface area contributed by atoms with Gasteiger partial charge in [0.05, 0.1) is 17.7 Å². The number of hydrogen-bond donors (Lipinski definition) is 1. The van der Waals surface area contributed by atoms with Gasteiger partial charge >= 0.3 is 0 Å². The first-order valence-corrected chi connectivity index (χ1v) is 15.2. The predicted octanol–water partition coefficient (Wildman–Crippen LogP) is 4.90. The molecule has 1 saturated carbocycles. The van der Waals surface area contributed by atoms with Gasteiger partial charge in [-0.3, -0.25) is 13.9 Å². The van der Waals surface area contributed by atoms with Crippen molar-refractivity contribution in [3.63, 3.8) is 0 Å². The molecule has 0 aromatic heterocycles. The van der Waals surface area contributed by atoms with Gasteiger partial charge in [0, 0.05) is 12.6 Å². The van der Waals surface area contributed by atoms with E-state index in [0.29, 0.717) is 12.2 Å². The van der Waals surface area contributed by atoms with Crippen molar-refractivity contribution in [3.05, 3.63) is 90.2 Å². The number of rotatable bonds is 12. The highest BCUT2D eigenvalue weighted by atomic mass is 32.2. The van der Waals surface area contributed by atoms with Gasteiger partial charge in [-0.25, -0.2) is 12.8 Å². The minimum absolute atomic E-state index is 0.0443. The molecule has 1 aliphatic carbocycles. The number of benzene rings is 3. The number of anilines is 1. The van der Waals surface area contributed by atoms with E-state index in [4.69, 9.17) is 4.74 Å². The van der Waals surface area contributed by atoms with Crippen molar-refractivity contribution in [2.75, 3.05) is 18.0 Å². The van der Waals surface area contributed by atoms with Crippen LogP contribution in [0.15, 0.2) is 83.8 Å². The molecule has 0 heterocycles. The first-order chi connectivity index (χ1) is 19.7. The Morgan fingerprint density at radius 3 is 2.22 bits per heavy atom. The van der Waals surface area contributed by atoms with Crippen molar-refractivity contribution in [2.45, 2.75) is 62.6 Å². The summed E-state index contributed by atoms with van der Waals surface area (Å²) in [6.45, 7) is 1.17. The number of sulfonamides is 1. The van der Waals surface area contributed by atoms with Crippen molar-refractivity contribution in [1.29, 1.82) is 0 Å². The number of nitrogens with zero attached hydrogens (tertiary/aromatic N) is 2. The molecule has 1 atom stereocenters. The molecule has 4 rings (SSSR count). The molecule has 3 aromatic rings. The Labute approximate surface area is 241 Å². The number of carbonyl (C=O) groups is 2. The minimum Gasteiger partial charge on any atom is -0.497 e. The summed E-state index contributed by atoms with van der Waals surface area (Å²) < 4.78 is 48.6. The first-order valence-electron chi connectivity index (χ1n) is 13.8. The van der Waals surface area contributed by atoms with E-state index in [9.17, 15) is 18.0 Å². The summed E-state index contributed by atoms with van der Waals surface area (Å²) in [6, 6.07) is 19.3. The number of ether oxygens (including phenoxy) is 1. The van der Waals surface area contributed by atoms with E-state index in [-0.39, 0.29) is 29.1 Å². The lowest BCUT2D eigenvalue weighted by Crippen LogP contribution is -2.53. The van der Waals surface area contributed by atoms with Crippen LogP contribution in [0.4, 0.5) is 10.1 Å². The molecule has 10 heteroatoms. The largest absolute Gasteiger partial charge is 0.497 e. The van der Waals surface area contributed by atoms with Crippen LogP contribution in [-0.2, 0) is 26.2 Å². The topological polar surface area (TPSA) is 96.0 Å². The lowest BCUT2D eigenvalue weighted by molar-refractivity contribution is -0.140. The number of methoxy groups -OCH3 is 1. The van der Waals surface area contributed by atoms with E-state index in [1.54, 1.807) is 49.6 Å². The van der Waals surface area contributed by atoms with Gasteiger partial charge in [0.15, 0.2) is 0 Å². The summed E-state index contributed by atoms with van der Waals surface area (Å²) in [5.41, 5.74) is 0.479. The third-order valence-corrected chi connectivity index (χ3v) is 9.10. The van der Waals surface area contributed by atoms with Gasteiger partial charge in [0.2, 0.25) is 11.8 Å². The summed E-state index contributed by atoms with van der Waals surface area (Å²) in [5.74, 6) is -1.06. The molecule has 8 nitrogen and oxygen atoms in total. The van der Waals surface area contributed by atoms with Crippen molar-refractivity contribution in [3.8, 4) is 5.75 Å². The summed E-state index contributed by atoms with van der Waals surface area (Å²) in [6.07, 6.45) is 4.14. The van der Waals surface area contributed by atoms with Gasteiger partial charge in [-0.2, -0.15) is 0 Å². The van der Waals surface area contributed by atoms with E-state index in [0.717, 1.165) is 41.6 Å². The third-order valence-electron chi connectivity index (χ3n) is 7.33. The molecule has 0 unspecified atom stereocenters. The normalized spacial score (nSPS) is 14.3. The maximum absolute atomic E-state index is 15.0. The van der Waals surface area contributed by atoms with Gasteiger partial charge in [-0.15, -0.1) is 0 Å². The molecule has 1 fully saturated rings. The van der Waals surface area contributed by atoms with Gasteiger partial charge in [0.1, 0.15) is 24.2 Å². The molecule has 0 spiro atoms. The second kappa shape index (κ2) is 13.6. The number of para-hydroxylation sites is 1. The Balaban J connectivity index is 1.71. The summed E-state index contributed by atoms with van der Waals surface area (Å²) in [4.78, 5) is 28.9. The third kappa shape index (κ3) is 7.24. The molecule has 1 N–H and O–H groups in total. The fourth-order valence-electron chi connectivity index (χ4n) is 5.10. The van der Waals surface area contributed by atoms with Crippen LogP contribution in [-0.4, -0.2) is 50.9 Å². The minimum atomic E-state index is -4.33. The zero-order valence-electron chi connectivity index (χ0n) is 23.3. The Morgan fingerprint density at radius 2 is 1.61 bits per heavy atom. The number of carbonyl (C=O) groups excluding carboxylic acids is 2. The fraction of sp³-hybridized carbons (Fsp3) is 0.355. The van der Waals surface area contributed by atoms with Crippen LogP contribution in [0.2, 0.25) is 0 Å². The molecule has 0 saturated heterocycles. The average Bonchev–Trinajstić information content (AvgIpc) is 3.50. The van der Waals surface area contributed by atoms with Gasteiger partial charge in [-0.1, -0.05) is 62.2 Å². The van der Waals surface area contributed by atoms with Crippen LogP contribution in [0.1, 0.15) is 44.6 Å². The van der Waals surface area contributed by atoms with Gasteiger partial charge < -0.3 is 15.0 Å². The molecular weight excluding hydrogens is 545 g/mol. The number of halogens is 1. The zero-order valence-corrected chi connectivity index (χ0v) is 24.1. The zero-order chi connectivity index (χ0) is 29.4. The molecule has 3 aromatic carbocycles. The van der Waals surface area contributed by atoms with Crippen LogP contribution in [0, 0.1) is 5.82 Å². The molecule has 0 aliphatic heterocycles. The SMILES string of the molecule is CC[C@@H](C(=O)NC1CCCC1)N(Cc1ccc(OC)cc1)C(=O)CN(c1ccccc1F)S(=O)(=O)c1ccccc1. The van der Waals surface area contributed by atoms with Crippen LogP contribution in [0.3, 0.4) is 0 Å². The maximum Gasteiger partial charge on any atom is 0.264 e. The molecular formula is C31H36FN3O5S. The summed E-state index contributed by atoms with van der Waals surface area (Å²) >= 11 is 0. The van der Waals surface area contributed by atoms with E-state index >= 15 is 4.39 Å². The Morgan fingerprint density at radius 1 is 0.976 bits per heavy atom. The van der Waals surface area contributed by atoms with Gasteiger partial charge in [-0.05, 0) is 61.2 Å². The molecule has 0 bridgehead atoms. The van der Waals surface area contributed by atoms with E-state index in [1.807, 2.05) is 6.92 Å². The van der Waals surface area contributed by atoms with E-state index < -0.39 is 34.3 Å². The predicted molar refractivity (Wildman–Crippen MR) is 155 cm³/mol. The van der Waals surface area contributed by atoms with Gasteiger partial charge in [0.25, 0.3) is 10.0 Å². The molecule has 2 amide bonds. The van der Waals surface area contributed by atoms with Crippen molar-refractivity contribution >= 4 is 27.5 Å². The molecule has 1 aliphatic rings. The number of hydrogen-bond acceptors (Lipinski definition) is 5. The van der Waals surface area contributed by atoms with Crippen LogP contribution < -0.4 is 14.4 Å². The smallest absolute Gasteiger partial charge is 0.264 e. The fourth-order valence-corrected chi connectivity index (χ4v) is 6.54. The van der Waals surface area contributed by atoms with Crippen LogP contribution in [0.25, 0.3) is 0 Å². The van der Waals surface area contributed by atoms with Crippen molar-refractivity contribution < 1.29 is 27.1 Å². The van der Waals surface area contributed by atoms with E-state index in [2.05, 4.69) is 5.32 Å². The second-order valence-electron chi connectivity index (χ2n) is 10.1. The molecule has 218 valence electrons. The highest BCUT2D eigenvalue weighted by Gasteiger charge is 2.35. The number of nitrogens with one attached hydrogen (secondary N) is 1. The summed E-state index contributed by atoms with van der Waals surface area (Å²) in [7, 11) is -2.78. The molecule has 41 heavy (non-hydrogen) atoms. The maximum atomic E-state index is 15.0. The quantitative estimate of drug-likeness (QED) is 0.329.